The Balaban J connectivity index is 2.87. The van der Waals surface area contributed by atoms with Crippen molar-refractivity contribution in [2.45, 2.75) is 20.8 Å². The first-order valence-corrected chi connectivity index (χ1v) is 5.43. The van der Waals surface area contributed by atoms with Gasteiger partial charge >= 0.3 is 0 Å². The van der Waals surface area contributed by atoms with E-state index in [1.165, 1.54) is 0 Å². The summed E-state index contributed by atoms with van der Waals surface area (Å²) in [4.78, 5) is 12.1. The first kappa shape index (κ1) is 12.6. The van der Waals surface area contributed by atoms with Crippen molar-refractivity contribution < 1.29 is 4.79 Å². The molecule has 0 fully saturated rings. The summed E-state index contributed by atoms with van der Waals surface area (Å²) >= 11 is 4.87. The Morgan fingerprint density at radius 2 is 2.00 bits per heavy atom. The number of anilines is 1. The predicted octanol–water partition coefficient (Wildman–Crippen LogP) is 2.31. The molecule has 1 amide bonds. The van der Waals surface area contributed by atoms with Crippen molar-refractivity contribution >= 4 is 28.8 Å². The lowest BCUT2D eigenvalue weighted by atomic mass is 9.95. The Hall–Kier alpha value is -1.42. The minimum atomic E-state index is -0.417. The molecule has 1 aromatic carbocycles. The number of benzene rings is 1. The van der Waals surface area contributed by atoms with Crippen LogP contribution < -0.4 is 11.1 Å². The van der Waals surface area contributed by atoms with Gasteiger partial charge in [-0.25, -0.2) is 0 Å². The first-order valence-electron chi connectivity index (χ1n) is 5.02. The molecule has 0 aromatic heterocycles. The molecule has 4 heteroatoms. The third-order valence-corrected chi connectivity index (χ3v) is 2.32. The highest BCUT2D eigenvalue weighted by Gasteiger charge is 2.21. The Labute approximate surface area is 101 Å². The topological polar surface area (TPSA) is 55.1 Å². The molecule has 0 heterocycles. The number of carbonyl (C=O) groups excluding carboxylic acids is 1. The van der Waals surface area contributed by atoms with E-state index < -0.39 is 5.41 Å². The van der Waals surface area contributed by atoms with Crippen LogP contribution in [0.2, 0.25) is 0 Å². The summed E-state index contributed by atoms with van der Waals surface area (Å²) in [6.45, 7) is 5.58. The number of hydrogen-bond donors (Lipinski definition) is 2. The second-order valence-electron chi connectivity index (χ2n) is 4.65. The fourth-order valence-corrected chi connectivity index (χ4v) is 1.20. The molecular weight excluding hydrogens is 220 g/mol. The van der Waals surface area contributed by atoms with Crippen LogP contribution in [0.4, 0.5) is 5.69 Å². The molecular formula is C12H16N2OS. The molecule has 3 nitrogen and oxygen atoms in total. The van der Waals surface area contributed by atoms with Crippen LogP contribution in [0.15, 0.2) is 24.3 Å². The molecule has 86 valence electrons. The van der Waals surface area contributed by atoms with Crippen molar-refractivity contribution in [2.24, 2.45) is 11.1 Å². The highest BCUT2D eigenvalue weighted by molar-refractivity contribution is 7.80. The molecule has 0 spiro atoms. The van der Waals surface area contributed by atoms with E-state index in [0.29, 0.717) is 10.7 Å². The van der Waals surface area contributed by atoms with Crippen LogP contribution in [0.25, 0.3) is 0 Å². The Bertz CT molecular complexity index is 421. The second-order valence-corrected chi connectivity index (χ2v) is 5.09. The largest absolute Gasteiger partial charge is 0.389 e. The van der Waals surface area contributed by atoms with Crippen molar-refractivity contribution in [3.8, 4) is 0 Å². The average molecular weight is 236 g/mol. The standard InChI is InChI=1S/C12H16N2OS/c1-12(2,3)11(15)14-9-6-4-5-8(7-9)10(13)16/h4-7H,1-3H3,(H2,13,16)(H,14,15). The van der Waals surface area contributed by atoms with Crippen molar-refractivity contribution in [3.05, 3.63) is 29.8 Å². The highest BCUT2D eigenvalue weighted by atomic mass is 32.1. The lowest BCUT2D eigenvalue weighted by molar-refractivity contribution is -0.123. The fourth-order valence-electron chi connectivity index (χ4n) is 1.07. The van der Waals surface area contributed by atoms with Crippen molar-refractivity contribution in [3.63, 3.8) is 0 Å². The molecule has 0 unspecified atom stereocenters. The first-order chi connectivity index (χ1) is 7.30. The van der Waals surface area contributed by atoms with E-state index in [1.807, 2.05) is 39.0 Å². The number of carbonyl (C=O) groups is 1. The van der Waals surface area contributed by atoms with Gasteiger partial charge in [0.05, 0.1) is 0 Å². The lowest BCUT2D eigenvalue weighted by Gasteiger charge is -2.17. The van der Waals surface area contributed by atoms with Gasteiger partial charge in [0.2, 0.25) is 5.91 Å². The SMILES string of the molecule is CC(C)(C)C(=O)Nc1cccc(C(N)=S)c1. The maximum Gasteiger partial charge on any atom is 0.229 e. The zero-order valence-corrected chi connectivity index (χ0v) is 10.5. The van der Waals surface area contributed by atoms with Crippen LogP contribution in [-0.2, 0) is 4.79 Å². The average Bonchev–Trinajstić information content (AvgIpc) is 2.16. The molecule has 0 aliphatic heterocycles. The minimum Gasteiger partial charge on any atom is -0.389 e. The van der Waals surface area contributed by atoms with Crippen molar-refractivity contribution in [1.29, 1.82) is 0 Å². The van der Waals surface area contributed by atoms with Crippen LogP contribution in [-0.4, -0.2) is 10.9 Å². The Kier molecular flexibility index (Phi) is 3.65. The van der Waals surface area contributed by atoms with E-state index in [4.69, 9.17) is 18.0 Å². The molecule has 1 aromatic rings. The maximum atomic E-state index is 11.7. The van der Waals surface area contributed by atoms with Gasteiger partial charge in [-0.1, -0.05) is 45.1 Å². The van der Waals surface area contributed by atoms with Crippen molar-refractivity contribution in [2.75, 3.05) is 5.32 Å². The summed E-state index contributed by atoms with van der Waals surface area (Å²) in [6.07, 6.45) is 0. The van der Waals surface area contributed by atoms with Crippen LogP contribution in [0, 0.1) is 5.41 Å². The number of thiocarbonyl (C=S) groups is 1. The molecule has 0 atom stereocenters. The normalized spacial score (nSPS) is 10.9. The van der Waals surface area contributed by atoms with E-state index in [0.717, 1.165) is 5.56 Å². The third kappa shape index (κ3) is 3.31. The van der Waals surface area contributed by atoms with Gasteiger partial charge in [0.1, 0.15) is 4.99 Å². The number of nitrogens with two attached hydrogens (primary N) is 1. The maximum absolute atomic E-state index is 11.7. The van der Waals surface area contributed by atoms with Gasteiger partial charge in [0.25, 0.3) is 0 Å². The summed E-state index contributed by atoms with van der Waals surface area (Å²) in [6, 6.07) is 7.21. The molecule has 0 saturated carbocycles. The molecule has 3 N–H and O–H groups in total. The van der Waals surface area contributed by atoms with E-state index in [1.54, 1.807) is 6.07 Å². The van der Waals surface area contributed by atoms with E-state index in [2.05, 4.69) is 5.32 Å². The van der Waals surface area contributed by atoms with E-state index >= 15 is 0 Å². The van der Waals surface area contributed by atoms with Gasteiger partial charge in [-0.2, -0.15) is 0 Å². The Morgan fingerprint density at radius 1 is 1.38 bits per heavy atom. The predicted molar refractivity (Wildman–Crippen MR) is 70.4 cm³/mol. The molecule has 0 aliphatic rings. The molecule has 0 saturated heterocycles. The third-order valence-electron chi connectivity index (χ3n) is 2.09. The number of amides is 1. The van der Waals surface area contributed by atoms with E-state index in [9.17, 15) is 4.79 Å². The van der Waals surface area contributed by atoms with Crippen LogP contribution >= 0.6 is 12.2 Å². The Morgan fingerprint density at radius 3 is 2.50 bits per heavy atom. The van der Waals surface area contributed by atoms with Crippen LogP contribution in [0.5, 0.6) is 0 Å². The zero-order chi connectivity index (χ0) is 12.3. The molecule has 0 radical (unpaired) electrons. The van der Waals surface area contributed by atoms with Crippen LogP contribution in [0.1, 0.15) is 26.3 Å². The quantitative estimate of drug-likeness (QED) is 0.775. The van der Waals surface area contributed by atoms with Gasteiger partial charge in [0, 0.05) is 16.7 Å². The van der Waals surface area contributed by atoms with Gasteiger partial charge in [-0.05, 0) is 12.1 Å². The molecule has 0 bridgehead atoms. The molecule has 1 rings (SSSR count). The summed E-state index contributed by atoms with van der Waals surface area (Å²) < 4.78 is 0. The van der Waals surface area contributed by atoms with E-state index in [-0.39, 0.29) is 5.91 Å². The number of nitrogens with one attached hydrogen (secondary N) is 1. The highest BCUT2D eigenvalue weighted by Crippen LogP contribution is 2.18. The van der Waals surface area contributed by atoms with Gasteiger partial charge in [-0.3, -0.25) is 4.79 Å². The lowest BCUT2D eigenvalue weighted by Crippen LogP contribution is -2.27. The molecule has 16 heavy (non-hydrogen) atoms. The number of rotatable bonds is 2. The second kappa shape index (κ2) is 4.61. The monoisotopic (exact) mass is 236 g/mol. The van der Waals surface area contributed by atoms with Gasteiger partial charge < -0.3 is 11.1 Å². The molecule has 0 aliphatic carbocycles. The van der Waals surface area contributed by atoms with Gasteiger partial charge in [0.15, 0.2) is 0 Å². The summed E-state index contributed by atoms with van der Waals surface area (Å²) in [5, 5.41) is 2.82. The fraction of sp³-hybridized carbons (Fsp3) is 0.333. The summed E-state index contributed by atoms with van der Waals surface area (Å²) in [5.74, 6) is -0.0346. The minimum absolute atomic E-state index is 0.0346. The van der Waals surface area contributed by atoms with Crippen LogP contribution in [0.3, 0.4) is 0 Å². The number of hydrogen-bond acceptors (Lipinski definition) is 2. The smallest absolute Gasteiger partial charge is 0.229 e. The van der Waals surface area contributed by atoms with Gasteiger partial charge in [-0.15, -0.1) is 0 Å². The summed E-state index contributed by atoms with van der Waals surface area (Å²) in [5.41, 5.74) is 6.57. The van der Waals surface area contributed by atoms with Crippen molar-refractivity contribution in [1.82, 2.24) is 0 Å². The summed E-state index contributed by atoms with van der Waals surface area (Å²) in [7, 11) is 0. The zero-order valence-electron chi connectivity index (χ0n) is 9.70.